The van der Waals surface area contributed by atoms with Crippen molar-refractivity contribution < 1.29 is 17.9 Å². The van der Waals surface area contributed by atoms with Crippen molar-refractivity contribution in [3.63, 3.8) is 0 Å². The van der Waals surface area contributed by atoms with Gasteiger partial charge in [-0.25, -0.2) is 8.42 Å². The predicted molar refractivity (Wildman–Crippen MR) is 108 cm³/mol. The summed E-state index contributed by atoms with van der Waals surface area (Å²) in [5.74, 6) is -0.280. The maximum atomic E-state index is 12.9. The lowest BCUT2D eigenvalue weighted by Gasteiger charge is -2.34. The molecule has 1 heterocycles. The van der Waals surface area contributed by atoms with Crippen molar-refractivity contribution in [3.8, 4) is 0 Å². The fourth-order valence-corrected chi connectivity index (χ4v) is 4.99. The van der Waals surface area contributed by atoms with E-state index >= 15 is 0 Å². The highest BCUT2D eigenvalue weighted by atomic mass is 35.5. The normalized spacial score (nSPS) is 20.7. The average molecular weight is 423 g/mol. The minimum atomic E-state index is -3.62. The molecule has 150 valence electrons. The highest BCUT2D eigenvalue weighted by Gasteiger charge is 2.32. The second-order valence-corrected chi connectivity index (χ2v) is 9.29. The van der Waals surface area contributed by atoms with Gasteiger partial charge in [-0.1, -0.05) is 23.7 Å². The number of hydrogen-bond acceptors (Lipinski definition) is 4. The van der Waals surface area contributed by atoms with Gasteiger partial charge in [-0.05, 0) is 55.8 Å². The van der Waals surface area contributed by atoms with Crippen molar-refractivity contribution in [1.82, 2.24) is 9.62 Å². The summed E-state index contributed by atoms with van der Waals surface area (Å²) < 4.78 is 32.8. The summed E-state index contributed by atoms with van der Waals surface area (Å²) in [7, 11) is -3.62. The van der Waals surface area contributed by atoms with Gasteiger partial charge in [-0.2, -0.15) is 4.31 Å². The Morgan fingerprint density at radius 3 is 2.39 bits per heavy atom. The Morgan fingerprint density at radius 2 is 1.79 bits per heavy atom. The van der Waals surface area contributed by atoms with Crippen LogP contribution in [-0.4, -0.2) is 43.9 Å². The first-order valence-corrected chi connectivity index (χ1v) is 10.9. The van der Waals surface area contributed by atoms with Gasteiger partial charge in [-0.3, -0.25) is 4.79 Å². The van der Waals surface area contributed by atoms with Crippen molar-refractivity contribution in [2.45, 2.75) is 37.5 Å². The van der Waals surface area contributed by atoms with E-state index in [1.165, 1.54) is 28.6 Å². The van der Waals surface area contributed by atoms with Gasteiger partial charge in [-0.15, -0.1) is 0 Å². The zero-order chi connectivity index (χ0) is 20.3. The third-order valence-electron chi connectivity index (χ3n) is 4.48. The van der Waals surface area contributed by atoms with E-state index in [0.29, 0.717) is 30.2 Å². The molecule has 1 fully saturated rings. The quantitative estimate of drug-likeness (QED) is 0.803. The number of morpholine rings is 1. The molecular weight excluding hydrogens is 400 g/mol. The number of sulfonamides is 1. The lowest BCUT2D eigenvalue weighted by molar-refractivity contribution is -0.0440. The number of benzene rings is 2. The third kappa shape index (κ3) is 4.91. The topological polar surface area (TPSA) is 75.7 Å². The Balaban J connectivity index is 1.67. The third-order valence-corrected chi connectivity index (χ3v) is 6.56. The van der Waals surface area contributed by atoms with Crippen molar-refractivity contribution in [2.75, 3.05) is 13.1 Å². The van der Waals surface area contributed by atoms with Gasteiger partial charge in [0.05, 0.1) is 17.1 Å². The minimum Gasteiger partial charge on any atom is -0.373 e. The number of halogens is 1. The van der Waals surface area contributed by atoms with Crippen molar-refractivity contribution >= 4 is 27.5 Å². The van der Waals surface area contributed by atoms with E-state index in [1.807, 2.05) is 26.0 Å². The first kappa shape index (κ1) is 20.8. The lowest BCUT2D eigenvalue weighted by atomic mass is 10.2. The van der Waals surface area contributed by atoms with Crippen molar-refractivity contribution in [2.24, 2.45) is 0 Å². The molecule has 2 aromatic rings. The van der Waals surface area contributed by atoms with Crippen LogP contribution in [-0.2, 0) is 21.3 Å². The summed E-state index contributed by atoms with van der Waals surface area (Å²) in [6.45, 7) is 4.67. The molecule has 1 aliphatic rings. The van der Waals surface area contributed by atoms with E-state index in [2.05, 4.69) is 5.32 Å². The molecular formula is C20H23ClN2O4S. The van der Waals surface area contributed by atoms with Crippen LogP contribution < -0.4 is 5.32 Å². The van der Waals surface area contributed by atoms with Crippen LogP contribution in [0.15, 0.2) is 53.4 Å². The fraction of sp³-hybridized carbons (Fsp3) is 0.350. The summed E-state index contributed by atoms with van der Waals surface area (Å²) in [6, 6.07) is 13.2. The predicted octanol–water partition coefficient (Wildman–Crippen LogP) is 3.07. The molecule has 1 N–H and O–H groups in total. The molecule has 0 aliphatic carbocycles. The number of carbonyl (C=O) groups is 1. The first-order valence-electron chi connectivity index (χ1n) is 9.04. The molecule has 0 saturated carbocycles. The number of carbonyl (C=O) groups excluding carboxylic acids is 1. The molecule has 1 saturated heterocycles. The number of nitrogens with one attached hydrogen (secondary N) is 1. The first-order chi connectivity index (χ1) is 13.3. The molecule has 28 heavy (non-hydrogen) atoms. The molecule has 3 rings (SSSR count). The molecule has 0 aromatic heterocycles. The van der Waals surface area contributed by atoms with Gasteiger partial charge in [0.25, 0.3) is 5.91 Å². The van der Waals surface area contributed by atoms with Crippen molar-refractivity contribution in [3.05, 3.63) is 64.7 Å². The molecule has 6 nitrogen and oxygen atoms in total. The molecule has 1 amide bonds. The smallest absolute Gasteiger partial charge is 0.251 e. The SMILES string of the molecule is C[C@@H]1CN(S(=O)(=O)c2ccc(C(=O)NCc3cccc(Cl)c3)cc2)C[C@@H](C)O1. The Kier molecular flexibility index (Phi) is 6.40. The van der Waals surface area contributed by atoms with Crippen LogP contribution in [0.5, 0.6) is 0 Å². The second kappa shape index (κ2) is 8.61. The summed E-state index contributed by atoms with van der Waals surface area (Å²) in [6.07, 6.45) is -0.315. The fourth-order valence-electron chi connectivity index (χ4n) is 3.19. The largest absolute Gasteiger partial charge is 0.373 e. The van der Waals surface area contributed by atoms with Crippen LogP contribution in [0, 0.1) is 0 Å². The lowest BCUT2D eigenvalue weighted by Crippen LogP contribution is -2.48. The maximum Gasteiger partial charge on any atom is 0.251 e. The summed E-state index contributed by atoms with van der Waals surface area (Å²) in [5.41, 5.74) is 1.28. The number of hydrogen-bond donors (Lipinski definition) is 1. The summed E-state index contributed by atoms with van der Waals surface area (Å²) in [4.78, 5) is 12.5. The van der Waals surface area contributed by atoms with E-state index in [1.54, 1.807) is 12.1 Å². The summed E-state index contributed by atoms with van der Waals surface area (Å²) in [5, 5.41) is 3.41. The zero-order valence-electron chi connectivity index (χ0n) is 15.8. The van der Waals surface area contributed by atoms with Gasteiger partial charge < -0.3 is 10.1 Å². The van der Waals surface area contributed by atoms with Gasteiger partial charge in [0, 0.05) is 30.2 Å². The number of ether oxygens (including phenoxy) is 1. The molecule has 0 unspecified atom stereocenters. The van der Waals surface area contributed by atoms with E-state index < -0.39 is 10.0 Å². The van der Waals surface area contributed by atoms with Crippen LogP contribution in [0.3, 0.4) is 0 Å². The molecule has 1 aliphatic heterocycles. The van der Waals surface area contributed by atoms with Gasteiger partial charge in [0.15, 0.2) is 0 Å². The Hall–Kier alpha value is -1.93. The average Bonchev–Trinajstić information content (AvgIpc) is 2.65. The number of nitrogens with zero attached hydrogens (tertiary/aromatic N) is 1. The van der Waals surface area contributed by atoms with Crippen LogP contribution in [0.25, 0.3) is 0 Å². The molecule has 0 bridgehead atoms. The minimum absolute atomic E-state index is 0.157. The standard InChI is InChI=1S/C20H23ClN2O4S/c1-14-12-23(13-15(2)27-14)28(25,26)19-8-6-17(7-9-19)20(24)22-11-16-4-3-5-18(21)10-16/h3-10,14-15H,11-13H2,1-2H3,(H,22,24)/t14-,15-/m1/s1. The van der Waals surface area contributed by atoms with Crippen LogP contribution in [0.4, 0.5) is 0 Å². The van der Waals surface area contributed by atoms with Crippen molar-refractivity contribution in [1.29, 1.82) is 0 Å². The van der Waals surface area contributed by atoms with Gasteiger partial charge >= 0.3 is 0 Å². The number of rotatable bonds is 5. The highest BCUT2D eigenvalue weighted by molar-refractivity contribution is 7.89. The van der Waals surface area contributed by atoms with E-state index in [9.17, 15) is 13.2 Å². The number of amides is 1. The van der Waals surface area contributed by atoms with Crippen LogP contribution in [0.2, 0.25) is 5.02 Å². The molecule has 0 spiro atoms. The molecule has 2 atom stereocenters. The van der Waals surface area contributed by atoms with Crippen LogP contribution >= 0.6 is 11.6 Å². The summed E-state index contributed by atoms with van der Waals surface area (Å²) >= 11 is 5.94. The zero-order valence-corrected chi connectivity index (χ0v) is 17.3. The second-order valence-electron chi connectivity index (χ2n) is 6.92. The molecule has 0 radical (unpaired) electrons. The Bertz CT molecular complexity index is 937. The van der Waals surface area contributed by atoms with E-state index in [0.717, 1.165) is 5.56 Å². The monoisotopic (exact) mass is 422 g/mol. The van der Waals surface area contributed by atoms with Gasteiger partial charge in [0.1, 0.15) is 0 Å². The van der Waals surface area contributed by atoms with E-state index in [4.69, 9.17) is 16.3 Å². The van der Waals surface area contributed by atoms with E-state index in [-0.39, 0.29) is 23.0 Å². The van der Waals surface area contributed by atoms with Gasteiger partial charge in [0.2, 0.25) is 10.0 Å². The molecule has 8 heteroatoms. The van der Waals surface area contributed by atoms with Crippen LogP contribution in [0.1, 0.15) is 29.8 Å². The molecule has 2 aromatic carbocycles. The highest BCUT2D eigenvalue weighted by Crippen LogP contribution is 2.21. The maximum absolute atomic E-state index is 12.9. The Morgan fingerprint density at radius 1 is 1.14 bits per heavy atom. The Labute approximate surface area is 170 Å².